The van der Waals surface area contributed by atoms with Gasteiger partial charge in [-0.25, -0.2) is 0 Å². The van der Waals surface area contributed by atoms with Crippen LogP contribution in [-0.4, -0.2) is 16.0 Å². The van der Waals surface area contributed by atoms with Crippen LogP contribution in [-0.2, 0) is 16.8 Å². The van der Waals surface area contributed by atoms with Crippen LogP contribution < -0.4 is 5.32 Å². The molecule has 3 rings (SSSR count). The molecular weight excluding hydrogens is 314 g/mol. The minimum absolute atomic E-state index is 0.0522. The lowest BCUT2D eigenvalue weighted by atomic mass is 9.93. The van der Waals surface area contributed by atoms with Crippen LogP contribution in [0.3, 0.4) is 0 Å². The maximum absolute atomic E-state index is 12.7. The molecule has 1 fully saturated rings. The fraction of sp³-hybridized carbons (Fsp3) is 0.550. The van der Waals surface area contributed by atoms with Crippen molar-refractivity contribution in [1.29, 1.82) is 0 Å². The first-order valence-electron chi connectivity index (χ1n) is 9.23. The highest BCUT2D eigenvalue weighted by Crippen LogP contribution is 2.37. The van der Waals surface area contributed by atoms with Crippen molar-refractivity contribution in [3.05, 3.63) is 47.1 Å². The molecule has 1 unspecified atom stereocenters. The molecule has 1 amide bonds. The molecule has 5 heteroatoms. The number of aryl methyl sites for hydroxylation is 2. The van der Waals surface area contributed by atoms with Gasteiger partial charge >= 0.3 is 0 Å². The zero-order valence-corrected chi connectivity index (χ0v) is 15.3. The Bertz CT molecular complexity index is 715. The van der Waals surface area contributed by atoms with Crippen LogP contribution in [0.2, 0.25) is 0 Å². The predicted octanol–water partition coefficient (Wildman–Crippen LogP) is 4.02. The summed E-state index contributed by atoms with van der Waals surface area (Å²) in [7, 11) is 0. The van der Waals surface area contributed by atoms with E-state index in [1.165, 1.54) is 11.1 Å². The Kier molecular flexibility index (Phi) is 5.21. The zero-order valence-electron chi connectivity index (χ0n) is 15.3. The number of rotatable bonds is 6. The standard InChI is InChI=1S/C20H27N3O2/c1-4-16-7-9-17(10-8-16)14(2)13-18(24)22-20(11-5-6-12-20)19-21-15(3)25-23-19/h7-10,14H,4-6,11-13H2,1-3H3,(H,22,24). The summed E-state index contributed by atoms with van der Waals surface area (Å²) in [5.41, 5.74) is 2.06. The molecule has 25 heavy (non-hydrogen) atoms. The number of carbonyl (C=O) groups excluding carboxylic acids is 1. The van der Waals surface area contributed by atoms with Crippen molar-refractivity contribution >= 4 is 5.91 Å². The van der Waals surface area contributed by atoms with E-state index in [-0.39, 0.29) is 11.8 Å². The molecular formula is C20H27N3O2. The molecule has 5 nitrogen and oxygen atoms in total. The summed E-state index contributed by atoms with van der Waals surface area (Å²) < 4.78 is 5.14. The lowest BCUT2D eigenvalue weighted by Gasteiger charge is -2.27. The molecule has 1 atom stereocenters. The van der Waals surface area contributed by atoms with E-state index in [4.69, 9.17) is 4.52 Å². The van der Waals surface area contributed by atoms with E-state index in [1.54, 1.807) is 6.92 Å². The van der Waals surface area contributed by atoms with Crippen LogP contribution in [0.15, 0.2) is 28.8 Å². The fourth-order valence-electron chi connectivity index (χ4n) is 3.67. The third kappa shape index (κ3) is 3.91. The number of nitrogens with zero attached hydrogens (tertiary/aromatic N) is 2. The Hall–Kier alpha value is -2.17. The van der Waals surface area contributed by atoms with E-state index in [0.717, 1.165) is 32.1 Å². The molecule has 1 saturated carbocycles. The average Bonchev–Trinajstić information content (AvgIpc) is 3.24. The number of benzene rings is 1. The van der Waals surface area contributed by atoms with Crippen LogP contribution in [0.5, 0.6) is 0 Å². The van der Waals surface area contributed by atoms with E-state index < -0.39 is 5.54 Å². The highest BCUT2D eigenvalue weighted by Gasteiger charge is 2.41. The fourth-order valence-corrected chi connectivity index (χ4v) is 3.67. The van der Waals surface area contributed by atoms with Gasteiger partial charge in [0.05, 0.1) is 0 Å². The van der Waals surface area contributed by atoms with Crippen molar-refractivity contribution in [2.24, 2.45) is 0 Å². The van der Waals surface area contributed by atoms with E-state index >= 15 is 0 Å². The van der Waals surface area contributed by atoms with E-state index in [1.807, 2.05) is 0 Å². The van der Waals surface area contributed by atoms with Gasteiger partial charge in [0.1, 0.15) is 5.54 Å². The van der Waals surface area contributed by atoms with Gasteiger partial charge in [-0.15, -0.1) is 0 Å². The Labute approximate surface area is 149 Å². The van der Waals surface area contributed by atoms with Crippen LogP contribution in [0.25, 0.3) is 0 Å². The third-order valence-electron chi connectivity index (χ3n) is 5.24. The SMILES string of the molecule is CCc1ccc(C(C)CC(=O)NC2(c3noc(C)n3)CCCC2)cc1. The summed E-state index contributed by atoms with van der Waals surface area (Å²) in [5, 5.41) is 7.30. The second-order valence-corrected chi connectivity index (χ2v) is 7.17. The molecule has 1 aromatic heterocycles. The summed E-state index contributed by atoms with van der Waals surface area (Å²) in [5.74, 6) is 1.39. The maximum atomic E-state index is 12.7. The van der Waals surface area contributed by atoms with Crippen molar-refractivity contribution in [3.63, 3.8) is 0 Å². The molecule has 0 aliphatic heterocycles. The van der Waals surface area contributed by atoms with Crippen LogP contribution in [0, 0.1) is 6.92 Å². The lowest BCUT2D eigenvalue weighted by Crippen LogP contribution is -2.45. The first kappa shape index (κ1) is 17.6. The molecule has 1 aromatic carbocycles. The largest absolute Gasteiger partial charge is 0.343 e. The van der Waals surface area contributed by atoms with Gasteiger partial charge in [0.2, 0.25) is 11.8 Å². The first-order chi connectivity index (χ1) is 12.0. The molecule has 1 heterocycles. The van der Waals surface area contributed by atoms with Gasteiger partial charge in [-0.1, -0.05) is 56.1 Å². The first-order valence-corrected chi connectivity index (χ1v) is 9.23. The number of hydrogen-bond donors (Lipinski definition) is 1. The monoisotopic (exact) mass is 341 g/mol. The third-order valence-corrected chi connectivity index (χ3v) is 5.24. The Morgan fingerprint density at radius 1 is 1.28 bits per heavy atom. The molecule has 0 spiro atoms. The van der Waals surface area contributed by atoms with Crippen molar-refractivity contribution in [2.75, 3.05) is 0 Å². The predicted molar refractivity (Wildman–Crippen MR) is 96.2 cm³/mol. The smallest absolute Gasteiger partial charge is 0.223 e. The topological polar surface area (TPSA) is 68.0 Å². The Morgan fingerprint density at radius 2 is 1.96 bits per heavy atom. The molecule has 2 aromatic rings. The number of aromatic nitrogens is 2. The molecule has 1 N–H and O–H groups in total. The summed E-state index contributed by atoms with van der Waals surface area (Å²) in [6.07, 6.45) is 5.38. The van der Waals surface area contributed by atoms with E-state index in [2.05, 4.69) is 53.6 Å². The molecule has 1 aliphatic carbocycles. The second kappa shape index (κ2) is 7.38. The van der Waals surface area contributed by atoms with Crippen molar-refractivity contribution < 1.29 is 9.32 Å². The van der Waals surface area contributed by atoms with Crippen molar-refractivity contribution in [1.82, 2.24) is 15.5 Å². The van der Waals surface area contributed by atoms with Gasteiger partial charge in [0, 0.05) is 13.3 Å². The van der Waals surface area contributed by atoms with E-state index in [9.17, 15) is 4.79 Å². The van der Waals surface area contributed by atoms with Gasteiger partial charge in [-0.3, -0.25) is 4.79 Å². The maximum Gasteiger partial charge on any atom is 0.223 e. The average molecular weight is 341 g/mol. The number of amides is 1. The summed E-state index contributed by atoms with van der Waals surface area (Å²) in [6, 6.07) is 8.55. The zero-order chi connectivity index (χ0) is 17.9. The van der Waals surface area contributed by atoms with Gasteiger partial charge < -0.3 is 9.84 Å². The molecule has 1 aliphatic rings. The van der Waals surface area contributed by atoms with Gasteiger partial charge in [-0.2, -0.15) is 4.98 Å². The van der Waals surface area contributed by atoms with Crippen molar-refractivity contribution in [2.45, 2.75) is 70.8 Å². The number of carbonyl (C=O) groups is 1. The van der Waals surface area contributed by atoms with Crippen LogP contribution >= 0.6 is 0 Å². The highest BCUT2D eigenvalue weighted by molar-refractivity contribution is 5.77. The van der Waals surface area contributed by atoms with Crippen LogP contribution in [0.4, 0.5) is 0 Å². The normalized spacial score (nSPS) is 17.4. The molecule has 0 bridgehead atoms. The van der Waals surface area contributed by atoms with Gasteiger partial charge in [0.25, 0.3) is 0 Å². The Morgan fingerprint density at radius 3 is 2.52 bits per heavy atom. The van der Waals surface area contributed by atoms with Gasteiger partial charge in [-0.05, 0) is 36.3 Å². The Balaban J connectivity index is 1.67. The molecule has 0 saturated heterocycles. The van der Waals surface area contributed by atoms with Crippen LogP contribution in [0.1, 0.15) is 74.7 Å². The quantitative estimate of drug-likeness (QED) is 0.861. The highest BCUT2D eigenvalue weighted by atomic mass is 16.5. The number of hydrogen-bond acceptors (Lipinski definition) is 4. The van der Waals surface area contributed by atoms with Crippen molar-refractivity contribution in [3.8, 4) is 0 Å². The number of nitrogens with one attached hydrogen (secondary N) is 1. The lowest BCUT2D eigenvalue weighted by molar-refractivity contribution is -0.123. The summed E-state index contributed by atoms with van der Waals surface area (Å²) in [4.78, 5) is 17.1. The minimum atomic E-state index is -0.458. The summed E-state index contributed by atoms with van der Waals surface area (Å²) in [6.45, 7) is 6.02. The minimum Gasteiger partial charge on any atom is -0.343 e. The molecule has 134 valence electrons. The summed E-state index contributed by atoms with van der Waals surface area (Å²) >= 11 is 0. The second-order valence-electron chi connectivity index (χ2n) is 7.17. The van der Waals surface area contributed by atoms with Gasteiger partial charge in [0.15, 0.2) is 5.82 Å². The van der Waals surface area contributed by atoms with E-state index in [0.29, 0.717) is 18.1 Å². The molecule has 0 radical (unpaired) electrons.